The molecule has 0 bridgehead atoms. The monoisotopic (exact) mass is 376 g/mol. The standard InChI is InChI=1S/C19H24N2O4S/c1-13(2)16-7-5-15(6-8-16)11-17-9-10-18(12-19(17)21(22)23)26(24,25)20-14(3)4/h5-10,12-14,20H,11H2,1-4H3. The van der Waals surface area contributed by atoms with E-state index < -0.39 is 14.9 Å². The number of benzene rings is 2. The molecule has 0 radical (unpaired) electrons. The minimum atomic E-state index is -3.77. The summed E-state index contributed by atoms with van der Waals surface area (Å²) in [7, 11) is -3.77. The molecular formula is C19H24N2O4S. The fourth-order valence-corrected chi connectivity index (χ4v) is 3.92. The van der Waals surface area contributed by atoms with Crippen LogP contribution in [0.15, 0.2) is 47.4 Å². The molecule has 7 heteroatoms. The topological polar surface area (TPSA) is 89.3 Å². The molecule has 0 fully saturated rings. The Morgan fingerprint density at radius 2 is 1.65 bits per heavy atom. The van der Waals surface area contributed by atoms with Crippen molar-refractivity contribution >= 4 is 15.7 Å². The molecule has 2 aromatic carbocycles. The van der Waals surface area contributed by atoms with E-state index in [1.807, 2.05) is 24.3 Å². The quantitative estimate of drug-likeness (QED) is 0.584. The molecule has 26 heavy (non-hydrogen) atoms. The maximum absolute atomic E-state index is 12.3. The Bertz CT molecular complexity index is 888. The molecule has 2 rings (SSSR count). The zero-order valence-electron chi connectivity index (χ0n) is 15.4. The summed E-state index contributed by atoms with van der Waals surface area (Å²) < 4.78 is 26.9. The fraction of sp³-hybridized carbons (Fsp3) is 0.368. The van der Waals surface area contributed by atoms with Crippen LogP contribution in [-0.4, -0.2) is 19.4 Å². The fourth-order valence-electron chi connectivity index (χ4n) is 2.65. The molecule has 0 amide bonds. The van der Waals surface area contributed by atoms with Crippen LogP contribution in [0.2, 0.25) is 0 Å². The third kappa shape index (κ3) is 4.89. The van der Waals surface area contributed by atoms with Crippen molar-refractivity contribution in [3.05, 3.63) is 69.3 Å². The molecule has 0 atom stereocenters. The number of hydrogen-bond donors (Lipinski definition) is 1. The van der Waals surface area contributed by atoms with Gasteiger partial charge >= 0.3 is 0 Å². The number of nitro groups is 1. The number of nitro benzene ring substituents is 1. The first-order valence-electron chi connectivity index (χ1n) is 8.48. The van der Waals surface area contributed by atoms with E-state index >= 15 is 0 Å². The van der Waals surface area contributed by atoms with Crippen LogP contribution in [0.3, 0.4) is 0 Å². The van der Waals surface area contributed by atoms with Crippen molar-refractivity contribution in [3.8, 4) is 0 Å². The maximum atomic E-state index is 12.3. The van der Waals surface area contributed by atoms with Crippen molar-refractivity contribution in [2.45, 2.75) is 51.0 Å². The van der Waals surface area contributed by atoms with Gasteiger partial charge in [0.15, 0.2) is 0 Å². The Morgan fingerprint density at radius 3 is 2.15 bits per heavy atom. The first kappa shape index (κ1) is 20.1. The molecule has 0 heterocycles. The molecule has 0 aliphatic rings. The molecule has 0 saturated carbocycles. The Kier molecular flexibility index (Phi) is 6.15. The third-order valence-electron chi connectivity index (χ3n) is 4.00. The lowest BCUT2D eigenvalue weighted by atomic mass is 9.98. The Morgan fingerprint density at radius 1 is 1.04 bits per heavy atom. The highest BCUT2D eigenvalue weighted by molar-refractivity contribution is 7.89. The molecular weight excluding hydrogens is 352 g/mol. The van der Waals surface area contributed by atoms with Gasteiger partial charge in [-0.25, -0.2) is 13.1 Å². The number of rotatable bonds is 7. The van der Waals surface area contributed by atoms with Gasteiger partial charge in [0, 0.05) is 24.1 Å². The zero-order valence-corrected chi connectivity index (χ0v) is 16.2. The van der Waals surface area contributed by atoms with Crippen molar-refractivity contribution in [2.24, 2.45) is 0 Å². The summed E-state index contributed by atoms with van der Waals surface area (Å²) in [6.07, 6.45) is 0.368. The molecule has 0 spiro atoms. The number of nitrogens with one attached hydrogen (secondary N) is 1. The molecule has 0 aliphatic carbocycles. The van der Waals surface area contributed by atoms with E-state index in [1.54, 1.807) is 13.8 Å². The Labute approximate surface area is 154 Å². The van der Waals surface area contributed by atoms with Crippen molar-refractivity contribution in [1.29, 1.82) is 0 Å². The summed E-state index contributed by atoms with van der Waals surface area (Å²) in [6.45, 7) is 7.59. The summed E-state index contributed by atoms with van der Waals surface area (Å²) in [5.74, 6) is 0.413. The number of sulfonamides is 1. The van der Waals surface area contributed by atoms with Crippen molar-refractivity contribution < 1.29 is 13.3 Å². The number of hydrogen-bond acceptors (Lipinski definition) is 4. The third-order valence-corrected chi connectivity index (χ3v) is 5.65. The average Bonchev–Trinajstić information content (AvgIpc) is 2.54. The van der Waals surface area contributed by atoms with Crippen molar-refractivity contribution in [3.63, 3.8) is 0 Å². The van der Waals surface area contributed by atoms with Crippen LogP contribution in [0.1, 0.15) is 50.3 Å². The first-order chi connectivity index (χ1) is 12.1. The molecule has 0 aromatic heterocycles. The van der Waals surface area contributed by atoms with Crippen LogP contribution >= 0.6 is 0 Å². The molecule has 2 aromatic rings. The normalized spacial score (nSPS) is 11.9. The molecule has 6 nitrogen and oxygen atoms in total. The lowest BCUT2D eigenvalue weighted by molar-refractivity contribution is -0.385. The first-order valence-corrected chi connectivity index (χ1v) is 9.97. The van der Waals surface area contributed by atoms with E-state index in [0.29, 0.717) is 17.9 Å². The van der Waals surface area contributed by atoms with Crippen LogP contribution in [0.25, 0.3) is 0 Å². The Balaban J connectivity index is 2.36. The van der Waals surface area contributed by atoms with Gasteiger partial charge in [-0.15, -0.1) is 0 Å². The smallest absolute Gasteiger partial charge is 0.258 e. The second-order valence-electron chi connectivity index (χ2n) is 6.90. The molecule has 0 aliphatic heterocycles. The number of nitrogens with zero attached hydrogens (tertiary/aromatic N) is 1. The van der Waals surface area contributed by atoms with E-state index in [1.165, 1.54) is 17.7 Å². The molecule has 0 saturated heterocycles. The van der Waals surface area contributed by atoms with Gasteiger partial charge < -0.3 is 0 Å². The Hall–Kier alpha value is -2.25. The minimum Gasteiger partial charge on any atom is -0.258 e. The molecule has 0 unspecified atom stereocenters. The zero-order chi connectivity index (χ0) is 19.5. The molecule has 140 valence electrons. The van der Waals surface area contributed by atoms with Gasteiger partial charge in [-0.3, -0.25) is 10.1 Å². The summed E-state index contributed by atoms with van der Waals surface area (Å²) in [5, 5.41) is 11.4. The highest BCUT2D eigenvalue weighted by atomic mass is 32.2. The summed E-state index contributed by atoms with van der Waals surface area (Å²) in [4.78, 5) is 10.8. The second kappa shape index (κ2) is 7.97. The van der Waals surface area contributed by atoms with Crippen molar-refractivity contribution in [1.82, 2.24) is 4.72 Å². The minimum absolute atomic E-state index is 0.100. The van der Waals surface area contributed by atoms with Crippen LogP contribution in [0, 0.1) is 10.1 Å². The van der Waals surface area contributed by atoms with E-state index in [0.717, 1.165) is 11.6 Å². The second-order valence-corrected chi connectivity index (χ2v) is 8.61. The molecule has 1 N–H and O–H groups in total. The van der Waals surface area contributed by atoms with Crippen LogP contribution < -0.4 is 4.72 Å². The summed E-state index contributed by atoms with van der Waals surface area (Å²) >= 11 is 0. The van der Waals surface area contributed by atoms with E-state index in [4.69, 9.17) is 0 Å². The van der Waals surface area contributed by atoms with Gasteiger partial charge in [0.1, 0.15) is 0 Å². The van der Waals surface area contributed by atoms with Gasteiger partial charge in [-0.2, -0.15) is 0 Å². The lowest BCUT2D eigenvalue weighted by Crippen LogP contribution is -2.30. The van der Waals surface area contributed by atoms with Crippen LogP contribution in [-0.2, 0) is 16.4 Å². The predicted molar refractivity (Wildman–Crippen MR) is 102 cm³/mol. The SMILES string of the molecule is CC(C)NS(=O)(=O)c1ccc(Cc2ccc(C(C)C)cc2)c([N+](=O)[O-])c1. The van der Waals surface area contributed by atoms with E-state index in [-0.39, 0.29) is 16.6 Å². The van der Waals surface area contributed by atoms with E-state index in [2.05, 4.69) is 18.6 Å². The van der Waals surface area contributed by atoms with Gasteiger partial charge in [0.25, 0.3) is 5.69 Å². The van der Waals surface area contributed by atoms with Gasteiger partial charge in [0.05, 0.1) is 9.82 Å². The van der Waals surface area contributed by atoms with Gasteiger partial charge in [-0.1, -0.05) is 44.2 Å². The largest absolute Gasteiger partial charge is 0.274 e. The highest BCUT2D eigenvalue weighted by Gasteiger charge is 2.22. The summed E-state index contributed by atoms with van der Waals surface area (Å²) in [6, 6.07) is 11.7. The van der Waals surface area contributed by atoms with Crippen molar-refractivity contribution in [2.75, 3.05) is 0 Å². The maximum Gasteiger partial charge on any atom is 0.274 e. The van der Waals surface area contributed by atoms with Crippen LogP contribution in [0.5, 0.6) is 0 Å². The van der Waals surface area contributed by atoms with Gasteiger partial charge in [-0.05, 0) is 37.0 Å². The predicted octanol–water partition coefficient (Wildman–Crippen LogP) is 4.00. The average molecular weight is 376 g/mol. The summed E-state index contributed by atoms with van der Waals surface area (Å²) in [5.41, 5.74) is 2.43. The van der Waals surface area contributed by atoms with Gasteiger partial charge in [0.2, 0.25) is 10.0 Å². The highest BCUT2D eigenvalue weighted by Crippen LogP contribution is 2.26. The van der Waals surface area contributed by atoms with Crippen LogP contribution in [0.4, 0.5) is 5.69 Å². The van der Waals surface area contributed by atoms with E-state index in [9.17, 15) is 18.5 Å². The lowest BCUT2D eigenvalue weighted by Gasteiger charge is -2.11.